The van der Waals surface area contributed by atoms with Crippen LogP contribution in [0.2, 0.25) is 0 Å². The van der Waals surface area contributed by atoms with Gasteiger partial charge in [-0.3, -0.25) is 9.59 Å². The highest BCUT2D eigenvalue weighted by Gasteiger charge is 2.68. The maximum Gasteiger partial charge on any atom is 0.482 e. The highest BCUT2D eigenvalue weighted by molar-refractivity contribution is 6.48. The van der Waals surface area contributed by atoms with Gasteiger partial charge < -0.3 is 23.6 Å². The van der Waals surface area contributed by atoms with Crippen LogP contribution in [0.3, 0.4) is 0 Å². The van der Waals surface area contributed by atoms with E-state index in [1.165, 1.54) is 12.8 Å². The Labute approximate surface area is 254 Å². The largest absolute Gasteiger partial charge is 0.482 e. The van der Waals surface area contributed by atoms with Crippen LogP contribution in [-0.2, 0) is 33.5 Å². The average molecular weight is 583 g/mol. The van der Waals surface area contributed by atoms with Crippen LogP contribution < -0.4 is 5.32 Å². The first-order valence-corrected chi connectivity index (χ1v) is 16.5. The number of nitrogens with one attached hydrogen (secondary N) is 1. The van der Waals surface area contributed by atoms with Crippen LogP contribution in [0, 0.1) is 22.7 Å². The van der Waals surface area contributed by atoms with Gasteiger partial charge in [0.15, 0.2) is 5.78 Å². The lowest BCUT2D eigenvalue weighted by atomic mass is 9.43. The third-order valence-corrected chi connectivity index (χ3v) is 12.4. The highest BCUT2D eigenvalue weighted by Crippen LogP contribution is 2.65. The van der Waals surface area contributed by atoms with Crippen LogP contribution in [0.15, 0.2) is 47.2 Å². The number of Topliss-reactive ketones (excluding diaryl/α,β-unsaturated/α-hetero) is 1. The summed E-state index contributed by atoms with van der Waals surface area (Å²) in [6.07, 6.45) is 13.0. The second-order valence-electron chi connectivity index (χ2n) is 15.0. The maximum atomic E-state index is 13.9. The lowest BCUT2D eigenvalue weighted by Crippen LogP contribution is -2.65. The van der Waals surface area contributed by atoms with Gasteiger partial charge in [-0.25, -0.2) is 0 Å². The van der Waals surface area contributed by atoms with Gasteiger partial charge in [0.25, 0.3) is 0 Å². The van der Waals surface area contributed by atoms with Crippen LogP contribution in [0.5, 0.6) is 0 Å². The lowest BCUT2D eigenvalue weighted by molar-refractivity contribution is -0.199. The fraction of sp³-hybridized carbons (Fsp3) is 0.600. The van der Waals surface area contributed by atoms with Gasteiger partial charge in [0.1, 0.15) is 5.58 Å². The second-order valence-corrected chi connectivity index (χ2v) is 15.0. The molecule has 1 saturated heterocycles. The Bertz CT molecular complexity index is 1580. The molecule has 2 bridgehead atoms. The Morgan fingerprint density at radius 3 is 2.70 bits per heavy atom. The number of aromatic nitrogens is 1. The molecular weight excluding hydrogens is 539 g/mol. The molecule has 226 valence electrons. The van der Waals surface area contributed by atoms with E-state index >= 15 is 0 Å². The molecule has 9 rings (SSSR count). The normalized spacial score (nSPS) is 31.0. The van der Waals surface area contributed by atoms with Gasteiger partial charge in [0.05, 0.1) is 36.0 Å². The number of aryl methyl sites for hydroxylation is 1. The van der Waals surface area contributed by atoms with Crippen molar-refractivity contribution >= 4 is 29.8 Å². The molecule has 4 aliphatic carbocycles. The number of carbonyl (C=O) groups excluding carboxylic acids is 2. The predicted molar refractivity (Wildman–Crippen MR) is 165 cm³/mol. The average Bonchev–Trinajstić information content (AvgIpc) is 3.70. The minimum Gasteiger partial charge on any atom is -0.464 e. The van der Waals surface area contributed by atoms with Crippen LogP contribution in [0.1, 0.15) is 93.8 Å². The number of ketones is 1. The number of amides is 1. The molecule has 4 heterocycles. The Hall–Kier alpha value is -2.84. The molecule has 3 aromatic rings. The van der Waals surface area contributed by atoms with Crippen LogP contribution in [0.4, 0.5) is 0 Å². The van der Waals surface area contributed by atoms with Crippen molar-refractivity contribution < 1.29 is 23.3 Å². The van der Waals surface area contributed by atoms with E-state index in [9.17, 15) is 9.59 Å². The van der Waals surface area contributed by atoms with E-state index in [1.54, 1.807) is 6.26 Å². The number of carbonyl (C=O) groups is 2. The van der Waals surface area contributed by atoms with Crippen molar-refractivity contribution in [3.63, 3.8) is 0 Å². The summed E-state index contributed by atoms with van der Waals surface area (Å²) in [5, 5.41) is 4.36. The summed E-state index contributed by atoms with van der Waals surface area (Å²) in [7, 11) is -0.558. The van der Waals surface area contributed by atoms with Gasteiger partial charge in [0.2, 0.25) is 5.91 Å². The molecule has 2 aromatic heterocycles. The summed E-state index contributed by atoms with van der Waals surface area (Å²) in [5.41, 5.74) is 3.05. The molecule has 6 aliphatic rings. The van der Waals surface area contributed by atoms with Crippen LogP contribution >= 0.6 is 0 Å². The summed E-state index contributed by atoms with van der Waals surface area (Å²) in [5.74, 6) is 0.823. The number of hydrogen-bond donors (Lipinski definition) is 1. The van der Waals surface area contributed by atoms with Crippen molar-refractivity contribution in [1.82, 2.24) is 9.88 Å². The predicted octanol–water partition coefficient (Wildman–Crippen LogP) is 6.31. The third kappa shape index (κ3) is 4.22. The highest BCUT2D eigenvalue weighted by atomic mass is 16.7. The third-order valence-electron chi connectivity index (χ3n) is 12.4. The van der Waals surface area contributed by atoms with Gasteiger partial charge in [0, 0.05) is 23.5 Å². The molecule has 0 radical (unpaired) electrons. The van der Waals surface area contributed by atoms with Crippen molar-refractivity contribution in [2.75, 3.05) is 0 Å². The number of nitrogens with zero attached hydrogens (tertiary/aromatic N) is 1. The molecule has 1 amide bonds. The molecule has 5 atom stereocenters. The molecule has 1 aromatic carbocycles. The molecule has 43 heavy (non-hydrogen) atoms. The first-order valence-electron chi connectivity index (χ1n) is 16.5. The van der Waals surface area contributed by atoms with Gasteiger partial charge in [-0.1, -0.05) is 51.3 Å². The molecule has 5 fully saturated rings. The Morgan fingerprint density at radius 1 is 1.07 bits per heavy atom. The monoisotopic (exact) mass is 582 g/mol. The first kappa shape index (κ1) is 27.7. The van der Waals surface area contributed by atoms with E-state index in [1.807, 2.05) is 30.5 Å². The van der Waals surface area contributed by atoms with Crippen LogP contribution in [-0.4, -0.2) is 41.0 Å². The van der Waals surface area contributed by atoms with Gasteiger partial charge in [-0.05, 0) is 86.0 Å². The van der Waals surface area contributed by atoms with Crippen molar-refractivity contribution in [3.8, 4) is 0 Å². The SMILES string of the molecule is CC1(C)[C@@H]2C[C@H]3OB([C@H](Cc4coc5ccccc45)NC(=O)Cc4ccn5c4C(=O)C4(CCCCC4)CC5)O[C@@]3(C)[C@H]1C2. The maximum absolute atomic E-state index is 13.9. The van der Waals surface area contributed by atoms with E-state index in [4.69, 9.17) is 13.7 Å². The summed E-state index contributed by atoms with van der Waals surface area (Å²) in [4.78, 5) is 27.7. The zero-order chi connectivity index (χ0) is 29.6. The number of furan rings is 1. The Morgan fingerprint density at radius 2 is 1.88 bits per heavy atom. The van der Waals surface area contributed by atoms with Crippen molar-refractivity contribution in [2.24, 2.45) is 22.7 Å². The number of para-hydroxylation sites is 1. The second kappa shape index (κ2) is 9.83. The summed E-state index contributed by atoms with van der Waals surface area (Å²) in [6.45, 7) is 7.78. The van der Waals surface area contributed by atoms with Gasteiger partial charge in [-0.2, -0.15) is 0 Å². The van der Waals surface area contributed by atoms with Gasteiger partial charge in [-0.15, -0.1) is 0 Å². The zero-order valence-corrected chi connectivity index (χ0v) is 25.7. The molecule has 0 unspecified atom stereocenters. The van der Waals surface area contributed by atoms with Crippen molar-refractivity contribution in [3.05, 3.63) is 59.6 Å². The summed E-state index contributed by atoms with van der Waals surface area (Å²) >= 11 is 0. The molecular formula is C35H43BN2O5. The molecule has 7 nitrogen and oxygen atoms in total. The minimum absolute atomic E-state index is 0.0255. The van der Waals surface area contributed by atoms with E-state index in [0.717, 1.165) is 72.9 Å². The molecule has 4 saturated carbocycles. The summed E-state index contributed by atoms with van der Waals surface area (Å²) in [6, 6.07) is 9.97. The number of hydrogen-bond acceptors (Lipinski definition) is 5. The first-order chi connectivity index (χ1) is 20.7. The Kier molecular flexibility index (Phi) is 6.33. The molecule has 1 spiro atoms. The minimum atomic E-state index is -0.558. The topological polar surface area (TPSA) is 82.7 Å². The fourth-order valence-electron chi connectivity index (χ4n) is 9.67. The van der Waals surface area contributed by atoms with Crippen LogP contribution in [0.25, 0.3) is 11.0 Å². The van der Waals surface area contributed by atoms with E-state index in [-0.39, 0.29) is 40.6 Å². The van der Waals surface area contributed by atoms with E-state index < -0.39 is 13.1 Å². The standard InChI is InChI=1S/C35H43BN2O5/c1-33(2)24-19-27(33)34(3)28(20-24)42-36(43-34)29(17-23-21-41-26-10-6-5-9-25(23)26)37-30(39)18-22-11-15-38-16-14-35(32(40)31(22)38)12-7-4-8-13-35/h5-6,9-11,15,21,24,27-29H,4,7-8,12-14,16-20H2,1-3H3,(H,37,39)/t24-,27-,28+,29-,34-/m0/s1. The molecule has 1 N–H and O–H groups in total. The lowest BCUT2D eigenvalue weighted by Gasteiger charge is -2.64. The zero-order valence-electron chi connectivity index (χ0n) is 25.7. The summed E-state index contributed by atoms with van der Waals surface area (Å²) < 4.78 is 21.5. The van der Waals surface area contributed by atoms with Gasteiger partial charge >= 0.3 is 7.12 Å². The van der Waals surface area contributed by atoms with E-state index in [0.29, 0.717) is 18.3 Å². The van der Waals surface area contributed by atoms with Crippen molar-refractivity contribution in [1.29, 1.82) is 0 Å². The number of rotatable bonds is 6. The quantitative estimate of drug-likeness (QED) is 0.345. The van der Waals surface area contributed by atoms with Crippen molar-refractivity contribution in [2.45, 2.75) is 109 Å². The Balaban J connectivity index is 1.05. The smallest absolute Gasteiger partial charge is 0.464 e. The molecule has 2 aliphatic heterocycles. The fourth-order valence-corrected chi connectivity index (χ4v) is 9.67. The number of fused-ring (bicyclic) bond motifs is 2. The van der Waals surface area contributed by atoms with E-state index in [2.05, 4.69) is 36.7 Å². The number of benzene rings is 1. The molecule has 8 heteroatoms.